The number of carbonyl (C=O) groups excluding carboxylic acids is 4. The average molecular weight is 462 g/mol. The normalized spacial score (nSPS) is 22.4. The molecule has 1 heterocycles. The monoisotopic (exact) mass is 461 g/mol. The van der Waals surface area contributed by atoms with Crippen LogP contribution in [0.3, 0.4) is 0 Å². The van der Waals surface area contributed by atoms with Gasteiger partial charge in [-0.1, -0.05) is 33.6 Å². The van der Waals surface area contributed by atoms with Gasteiger partial charge in [0.05, 0.1) is 6.07 Å². The smallest absolute Gasteiger partial charge is 0.246 e. The lowest BCUT2D eigenvalue weighted by atomic mass is 9.85. The second kappa shape index (κ2) is 10.1. The third-order valence-electron chi connectivity index (χ3n) is 6.41. The Hall–Kier alpha value is -2.63. The quantitative estimate of drug-likeness (QED) is 0.479. The summed E-state index contributed by atoms with van der Waals surface area (Å²) in [5.41, 5.74) is -0.881. The fraction of sp³-hybridized carbons (Fsp3) is 0.792. The molecule has 3 N–H and O–H groups in total. The summed E-state index contributed by atoms with van der Waals surface area (Å²) in [5, 5.41) is 18.0. The molecule has 0 radical (unpaired) electrons. The first-order chi connectivity index (χ1) is 15.1. The van der Waals surface area contributed by atoms with E-state index in [-0.39, 0.29) is 35.6 Å². The fourth-order valence-corrected chi connectivity index (χ4v) is 4.40. The number of likely N-dealkylation sites (N-methyl/N-ethyl adjacent to an activating group) is 1. The molecular formula is C24H39N5O4. The molecule has 4 unspecified atom stereocenters. The number of nitrogens with one attached hydrogen (secondary N) is 3. The molecule has 4 atom stereocenters. The topological polar surface area (TPSA) is 131 Å². The molecule has 0 aromatic carbocycles. The Morgan fingerprint density at radius 3 is 2.24 bits per heavy atom. The maximum atomic E-state index is 13.3. The summed E-state index contributed by atoms with van der Waals surface area (Å²) in [6.45, 7) is 10.8. The van der Waals surface area contributed by atoms with E-state index in [0.717, 1.165) is 12.8 Å². The van der Waals surface area contributed by atoms with Crippen LogP contribution >= 0.6 is 0 Å². The van der Waals surface area contributed by atoms with Crippen LogP contribution in [-0.4, -0.2) is 59.2 Å². The number of rotatable bonds is 9. The first-order valence-corrected chi connectivity index (χ1v) is 11.7. The summed E-state index contributed by atoms with van der Waals surface area (Å²) < 4.78 is 0. The van der Waals surface area contributed by atoms with Gasteiger partial charge in [0.1, 0.15) is 18.1 Å². The summed E-state index contributed by atoms with van der Waals surface area (Å²) in [6, 6.07) is -0.274. The molecule has 0 bridgehead atoms. The molecule has 9 nitrogen and oxygen atoms in total. The molecule has 1 aliphatic heterocycles. The largest absolute Gasteiger partial charge is 0.351 e. The molecule has 2 fully saturated rings. The maximum absolute atomic E-state index is 13.3. The minimum Gasteiger partial charge on any atom is -0.351 e. The second-order valence-electron chi connectivity index (χ2n) is 11.3. The van der Waals surface area contributed by atoms with E-state index in [9.17, 15) is 24.4 Å². The van der Waals surface area contributed by atoms with Crippen LogP contribution in [0.15, 0.2) is 0 Å². The van der Waals surface area contributed by atoms with Gasteiger partial charge in [-0.25, -0.2) is 0 Å². The molecule has 2 aliphatic rings. The van der Waals surface area contributed by atoms with Gasteiger partial charge < -0.3 is 20.9 Å². The predicted molar refractivity (Wildman–Crippen MR) is 123 cm³/mol. The van der Waals surface area contributed by atoms with E-state index < -0.39 is 29.4 Å². The summed E-state index contributed by atoms with van der Waals surface area (Å²) in [6.07, 6.45) is 3.31. The number of nitriles is 1. The van der Waals surface area contributed by atoms with Gasteiger partial charge in [-0.3, -0.25) is 19.2 Å². The van der Waals surface area contributed by atoms with Gasteiger partial charge in [0, 0.05) is 25.4 Å². The van der Waals surface area contributed by atoms with Gasteiger partial charge in [-0.15, -0.1) is 0 Å². The fourth-order valence-electron chi connectivity index (χ4n) is 4.40. The van der Waals surface area contributed by atoms with E-state index in [2.05, 4.69) is 22.0 Å². The van der Waals surface area contributed by atoms with Crippen LogP contribution in [0.5, 0.6) is 0 Å². The van der Waals surface area contributed by atoms with Crippen molar-refractivity contribution in [2.24, 2.45) is 17.3 Å². The highest BCUT2D eigenvalue weighted by molar-refractivity contribution is 5.92. The number of nitrogens with zero attached hydrogens (tertiary/aromatic N) is 2. The van der Waals surface area contributed by atoms with Crippen LogP contribution in [0.1, 0.15) is 73.6 Å². The van der Waals surface area contributed by atoms with Crippen LogP contribution in [0, 0.1) is 28.6 Å². The van der Waals surface area contributed by atoms with Gasteiger partial charge in [0.2, 0.25) is 23.6 Å². The van der Waals surface area contributed by atoms with Crippen LogP contribution in [-0.2, 0) is 19.2 Å². The molecule has 0 aromatic rings. The van der Waals surface area contributed by atoms with Crippen LogP contribution in [0.25, 0.3) is 0 Å². The molecule has 0 spiro atoms. The van der Waals surface area contributed by atoms with Crippen molar-refractivity contribution in [2.45, 2.75) is 97.3 Å². The molecule has 4 amide bonds. The Balaban J connectivity index is 2.14. The van der Waals surface area contributed by atoms with Crippen molar-refractivity contribution in [2.75, 3.05) is 7.05 Å². The van der Waals surface area contributed by atoms with E-state index in [4.69, 9.17) is 0 Å². The van der Waals surface area contributed by atoms with Gasteiger partial charge >= 0.3 is 0 Å². The Labute approximate surface area is 197 Å². The predicted octanol–water partition coefficient (Wildman–Crippen LogP) is 1.48. The summed E-state index contributed by atoms with van der Waals surface area (Å²) in [5.74, 6) is -1.17. The highest BCUT2D eigenvalue weighted by atomic mass is 16.2. The highest BCUT2D eigenvalue weighted by Crippen LogP contribution is 2.35. The van der Waals surface area contributed by atoms with Crippen molar-refractivity contribution >= 4 is 23.6 Å². The number of carbonyl (C=O) groups is 4. The molecular weight excluding hydrogens is 422 g/mol. The van der Waals surface area contributed by atoms with E-state index in [0.29, 0.717) is 18.8 Å². The molecule has 1 saturated heterocycles. The van der Waals surface area contributed by atoms with Crippen LogP contribution in [0.2, 0.25) is 0 Å². The highest BCUT2D eigenvalue weighted by Gasteiger charge is 2.42. The van der Waals surface area contributed by atoms with Gasteiger partial charge in [0.25, 0.3) is 0 Å². The molecule has 2 rings (SSSR count). The Bertz CT molecular complexity index is 822. The average Bonchev–Trinajstić information content (AvgIpc) is 3.46. The Morgan fingerprint density at radius 1 is 1.21 bits per heavy atom. The van der Waals surface area contributed by atoms with E-state index in [1.807, 2.05) is 34.6 Å². The zero-order chi connectivity index (χ0) is 25.1. The van der Waals surface area contributed by atoms with Crippen molar-refractivity contribution < 1.29 is 19.2 Å². The number of hydrogen-bond donors (Lipinski definition) is 3. The lowest BCUT2D eigenvalue weighted by Gasteiger charge is -2.36. The van der Waals surface area contributed by atoms with Crippen molar-refractivity contribution in [3.8, 4) is 6.07 Å². The first kappa shape index (κ1) is 26.6. The standard InChI is InChI=1S/C24H39N5O4/c1-14(30)26-19(23(2,3)4)22(33)29(7)18(10-15-8-9-15)21(32)27-17(13-25)11-16-12-24(5,6)28-20(16)31/h15-19H,8-12H2,1-7H3,(H,26,30)(H,27,32)(H,28,31). The third-order valence-corrected chi connectivity index (χ3v) is 6.41. The molecule has 33 heavy (non-hydrogen) atoms. The number of amides is 4. The van der Waals surface area contributed by atoms with Gasteiger partial charge in [0.15, 0.2) is 0 Å². The zero-order valence-electron chi connectivity index (χ0n) is 20.9. The van der Waals surface area contributed by atoms with Crippen molar-refractivity contribution in [3.05, 3.63) is 0 Å². The lowest BCUT2D eigenvalue weighted by molar-refractivity contribution is -0.144. The molecule has 0 aromatic heterocycles. The first-order valence-electron chi connectivity index (χ1n) is 11.7. The van der Waals surface area contributed by atoms with E-state index >= 15 is 0 Å². The van der Waals surface area contributed by atoms with Crippen molar-refractivity contribution in [1.29, 1.82) is 5.26 Å². The van der Waals surface area contributed by atoms with E-state index in [1.54, 1.807) is 7.05 Å². The van der Waals surface area contributed by atoms with Crippen LogP contribution < -0.4 is 16.0 Å². The van der Waals surface area contributed by atoms with E-state index in [1.165, 1.54) is 11.8 Å². The SMILES string of the molecule is CC(=O)NC(C(=O)N(C)C(CC1CC1)C(=O)NC(C#N)CC1CC(C)(C)NC1=O)C(C)(C)C. The zero-order valence-corrected chi connectivity index (χ0v) is 20.9. The molecule has 1 saturated carbocycles. The molecule has 184 valence electrons. The molecule has 9 heteroatoms. The third kappa shape index (κ3) is 7.44. The lowest BCUT2D eigenvalue weighted by Crippen LogP contribution is -2.58. The summed E-state index contributed by atoms with van der Waals surface area (Å²) in [4.78, 5) is 52.0. The summed E-state index contributed by atoms with van der Waals surface area (Å²) in [7, 11) is 1.57. The minimum absolute atomic E-state index is 0.111. The Morgan fingerprint density at radius 2 is 1.82 bits per heavy atom. The van der Waals surface area contributed by atoms with Crippen LogP contribution in [0.4, 0.5) is 0 Å². The van der Waals surface area contributed by atoms with Gasteiger partial charge in [-0.2, -0.15) is 5.26 Å². The van der Waals surface area contributed by atoms with Crippen molar-refractivity contribution in [3.63, 3.8) is 0 Å². The summed E-state index contributed by atoms with van der Waals surface area (Å²) >= 11 is 0. The second-order valence-corrected chi connectivity index (χ2v) is 11.3. The number of hydrogen-bond acceptors (Lipinski definition) is 5. The van der Waals surface area contributed by atoms with Crippen molar-refractivity contribution in [1.82, 2.24) is 20.9 Å². The molecule has 1 aliphatic carbocycles. The maximum Gasteiger partial charge on any atom is 0.246 e. The minimum atomic E-state index is -0.832. The Kier molecular flexibility index (Phi) is 8.15. The van der Waals surface area contributed by atoms with Gasteiger partial charge in [-0.05, 0) is 44.4 Å².